The first-order chi connectivity index (χ1) is 12.5. The van der Waals surface area contributed by atoms with Gasteiger partial charge in [0, 0.05) is 5.39 Å². The van der Waals surface area contributed by atoms with Crippen molar-refractivity contribution in [3.05, 3.63) is 47.0 Å². The Balaban J connectivity index is 1.89. The highest BCUT2D eigenvalue weighted by atomic mass is 32.1. The predicted molar refractivity (Wildman–Crippen MR) is 99.8 cm³/mol. The molecule has 6 nitrogen and oxygen atoms in total. The van der Waals surface area contributed by atoms with Gasteiger partial charge >= 0.3 is 11.9 Å². The summed E-state index contributed by atoms with van der Waals surface area (Å²) >= 11 is 1.30. The molecule has 136 valence electrons. The molecule has 0 amide bonds. The van der Waals surface area contributed by atoms with Crippen LogP contribution in [-0.4, -0.2) is 34.4 Å². The quantitative estimate of drug-likeness (QED) is 0.614. The molecule has 2 aromatic heterocycles. The fourth-order valence-corrected chi connectivity index (χ4v) is 3.68. The molecule has 7 heteroatoms. The van der Waals surface area contributed by atoms with Crippen molar-refractivity contribution in [3.8, 4) is 5.69 Å². The lowest BCUT2D eigenvalue weighted by Crippen LogP contribution is -2.28. The maximum absolute atomic E-state index is 12.5. The van der Waals surface area contributed by atoms with Crippen LogP contribution in [0.4, 0.5) is 0 Å². The Hall–Kier alpha value is -2.67. The van der Waals surface area contributed by atoms with Crippen molar-refractivity contribution in [1.29, 1.82) is 0 Å². The van der Waals surface area contributed by atoms with E-state index >= 15 is 0 Å². The van der Waals surface area contributed by atoms with E-state index in [9.17, 15) is 9.59 Å². The number of thiophene rings is 1. The van der Waals surface area contributed by atoms with Gasteiger partial charge in [0.1, 0.15) is 9.71 Å². The van der Waals surface area contributed by atoms with Crippen LogP contribution in [0.15, 0.2) is 36.4 Å². The Morgan fingerprint density at radius 1 is 1.23 bits per heavy atom. The highest BCUT2D eigenvalue weighted by Crippen LogP contribution is 2.31. The maximum atomic E-state index is 12.5. The summed E-state index contributed by atoms with van der Waals surface area (Å²) in [6, 6.07) is 11.5. The van der Waals surface area contributed by atoms with Gasteiger partial charge in [-0.1, -0.05) is 25.1 Å². The van der Waals surface area contributed by atoms with Gasteiger partial charge in [-0.25, -0.2) is 14.3 Å². The molecule has 0 aliphatic heterocycles. The first kappa shape index (κ1) is 18.1. The smallest absolute Gasteiger partial charge is 0.349 e. The number of aromatic nitrogens is 2. The van der Waals surface area contributed by atoms with Crippen molar-refractivity contribution in [1.82, 2.24) is 9.78 Å². The van der Waals surface area contributed by atoms with Gasteiger partial charge in [-0.05, 0) is 38.5 Å². The summed E-state index contributed by atoms with van der Waals surface area (Å²) in [7, 11) is 0. The molecule has 0 spiro atoms. The van der Waals surface area contributed by atoms with Gasteiger partial charge in [0.2, 0.25) is 0 Å². The van der Waals surface area contributed by atoms with Crippen LogP contribution in [0.2, 0.25) is 0 Å². The standard InChI is InChI=1S/C19H20N2O4S/c1-4-15(18(22)24-5-2)25-19(23)16-11-14-12(3)20-21(17(14)26-16)13-9-7-6-8-10-13/h6-11,15H,4-5H2,1-3H3/t15-/m0/s1. The summed E-state index contributed by atoms with van der Waals surface area (Å²) in [5.41, 5.74) is 1.75. The van der Waals surface area contributed by atoms with Gasteiger partial charge in [0.25, 0.3) is 0 Å². The van der Waals surface area contributed by atoms with E-state index in [0.29, 0.717) is 11.3 Å². The monoisotopic (exact) mass is 372 g/mol. The highest BCUT2D eigenvalue weighted by molar-refractivity contribution is 7.20. The average Bonchev–Trinajstić information content (AvgIpc) is 3.21. The van der Waals surface area contributed by atoms with Crippen LogP contribution in [0, 0.1) is 6.92 Å². The minimum atomic E-state index is -0.889. The van der Waals surface area contributed by atoms with Gasteiger partial charge < -0.3 is 9.47 Å². The normalized spacial score (nSPS) is 12.1. The van der Waals surface area contributed by atoms with Crippen LogP contribution in [-0.2, 0) is 14.3 Å². The second-order valence-electron chi connectivity index (χ2n) is 5.72. The Labute approximate surface area is 155 Å². The van der Waals surface area contributed by atoms with Crippen molar-refractivity contribution >= 4 is 33.5 Å². The van der Waals surface area contributed by atoms with E-state index in [1.807, 2.05) is 41.9 Å². The van der Waals surface area contributed by atoms with Gasteiger partial charge in [-0.2, -0.15) is 5.10 Å². The third-order valence-corrected chi connectivity index (χ3v) is 5.01. The minimum absolute atomic E-state index is 0.252. The zero-order chi connectivity index (χ0) is 18.7. The van der Waals surface area contributed by atoms with Gasteiger partial charge in [0.05, 0.1) is 18.0 Å². The number of carbonyl (C=O) groups is 2. The summed E-state index contributed by atoms with van der Waals surface area (Å²) in [6.07, 6.45) is -0.522. The number of hydrogen-bond acceptors (Lipinski definition) is 6. The van der Waals surface area contributed by atoms with E-state index in [-0.39, 0.29) is 6.61 Å². The summed E-state index contributed by atoms with van der Waals surface area (Å²) in [6.45, 7) is 5.65. The lowest BCUT2D eigenvalue weighted by molar-refractivity contribution is -0.153. The average molecular weight is 372 g/mol. The number of aryl methyl sites for hydroxylation is 1. The predicted octanol–water partition coefficient (Wildman–Crippen LogP) is 3.89. The van der Waals surface area contributed by atoms with Crippen molar-refractivity contribution < 1.29 is 19.1 Å². The number of benzene rings is 1. The summed E-state index contributed by atoms with van der Waals surface area (Å²) in [5.74, 6) is -1.04. The molecule has 0 saturated carbocycles. The van der Waals surface area contributed by atoms with Crippen LogP contribution >= 0.6 is 11.3 Å². The molecule has 1 atom stereocenters. The largest absolute Gasteiger partial charge is 0.463 e. The molecular weight excluding hydrogens is 352 g/mol. The van der Waals surface area contributed by atoms with E-state index < -0.39 is 18.0 Å². The second-order valence-corrected chi connectivity index (χ2v) is 6.75. The topological polar surface area (TPSA) is 70.4 Å². The first-order valence-corrected chi connectivity index (χ1v) is 9.29. The van der Waals surface area contributed by atoms with Crippen LogP contribution < -0.4 is 0 Å². The summed E-state index contributed by atoms with van der Waals surface area (Å²) in [5, 5.41) is 5.45. The molecule has 26 heavy (non-hydrogen) atoms. The second kappa shape index (κ2) is 7.70. The molecule has 0 unspecified atom stereocenters. The van der Waals surface area contributed by atoms with E-state index in [1.165, 1.54) is 11.3 Å². The molecule has 0 bridgehead atoms. The molecular formula is C19H20N2O4S. The SMILES string of the molecule is CCOC(=O)[C@H](CC)OC(=O)c1cc2c(C)nn(-c3ccccc3)c2s1. The number of para-hydroxylation sites is 1. The minimum Gasteiger partial charge on any atom is -0.463 e. The van der Waals surface area contributed by atoms with Gasteiger partial charge in [-0.3, -0.25) is 0 Å². The van der Waals surface area contributed by atoms with Crippen molar-refractivity contribution in [2.24, 2.45) is 0 Å². The van der Waals surface area contributed by atoms with E-state index in [2.05, 4.69) is 5.10 Å². The molecule has 3 rings (SSSR count). The van der Waals surface area contributed by atoms with E-state index in [1.54, 1.807) is 19.9 Å². The number of fused-ring (bicyclic) bond motifs is 1. The zero-order valence-corrected chi connectivity index (χ0v) is 15.7. The summed E-state index contributed by atoms with van der Waals surface area (Å²) < 4.78 is 12.1. The van der Waals surface area contributed by atoms with Crippen molar-refractivity contribution in [3.63, 3.8) is 0 Å². The molecule has 0 radical (unpaired) electrons. The maximum Gasteiger partial charge on any atom is 0.349 e. The fourth-order valence-electron chi connectivity index (χ4n) is 2.61. The molecule has 0 N–H and O–H groups in total. The van der Waals surface area contributed by atoms with Gasteiger partial charge in [-0.15, -0.1) is 11.3 Å². The van der Waals surface area contributed by atoms with E-state index in [0.717, 1.165) is 21.6 Å². The molecule has 0 fully saturated rings. The van der Waals surface area contributed by atoms with Crippen LogP contribution in [0.1, 0.15) is 35.6 Å². The van der Waals surface area contributed by atoms with Crippen LogP contribution in [0.25, 0.3) is 15.9 Å². The van der Waals surface area contributed by atoms with E-state index in [4.69, 9.17) is 9.47 Å². The first-order valence-electron chi connectivity index (χ1n) is 8.47. The summed E-state index contributed by atoms with van der Waals surface area (Å²) in [4.78, 5) is 25.6. The lowest BCUT2D eigenvalue weighted by Gasteiger charge is -2.13. The fraction of sp³-hybridized carbons (Fsp3) is 0.316. The molecule has 1 aromatic carbocycles. The Morgan fingerprint density at radius 2 is 1.96 bits per heavy atom. The number of nitrogens with zero attached hydrogens (tertiary/aromatic N) is 2. The molecule has 0 aliphatic rings. The third kappa shape index (κ3) is 3.48. The van der Waals surface area contributed by atoms with Crippen LogP contribution in [0.5, 0.6) is 0 Å². The number of carbonyl (C=O) groups excluding carboxylic acids is 2. The highest BCUT2D eigenvalue weighted by Gasteiger charge is 2.25. The van der Waals surface area contributed by atoms with Crippen molar-refractivity contribution in [2.45, 2.75) is 33.3 Å². The third-order valence-electron chi connectivity index (χ3n) is 3.92. The molecule has 0 aliphatic carbocycles. The van der Waals surface area contributed by atoms with Crippen LogP contribution in [0.3, 0.4) is 0 Å². The lowest BCUT2D eigenvalue weighted by atomic mass is 10.2. The molecule has 0 saturated heterocycles. The molecule has 3 aromatic rings. The molecule has 2 heterocycles. The van der Waals surface area contributed by atoms with Crippen molar-refractivity contribution in [2.75, 3.05) is 6.61 Å². The Kier molecular flexibility index (Phi) is 5.37. The number of hydrogen-bond donors (Lipinski definition) is 0. The number of esters is 2. The number of rotatable bonds is 6. The Morgan fingerprint density at radius 3 is 2.62 bits per heavy atom. The Bertz CT molecular complexity index is 930. The zero-order valence-electron chi connectivity index (χ0n) is 14.9. The van der Waals surface area contributed by atoms with Gasteiger partial charge in [0.15, 0.2) is 6.10 Å². The number of ether oxygens (including phenoxy) is 2.